The van der Waals surface area contributed by atoms with Crippen LogP contribution in [0.1, 0.15) is 22.0 Å². The Morgan fingerprint density at radius 2 is 1.90 bits per heavy atom. The Morgan fingerprint density at radius 3 is 2.48 bits per heavy atom. The van der Waals surface area contributed by atoms with Gasteiger partial charge in [-0.2, -0.15) is 0 Å². The molecule has 0 spiro atoms. The van der Waals surface area contributed by atoms with Crippen LogP contribution in [0.5, 0.6) is 5.75 Å². The summed E-state index contributed by atoms with van der Waals surface area (Å²) in [5.41, 5.74) is 6.84. The number of amides is 1. The normalized spacial score (nSPS) is 11.7. The summed E-state index contributed by atoms with van der Waals surface area (Å²) in [6, 6.07) is 13.3. The van der Waals surface area contributed by atoms with Crippen LogP contribution in [0.2, 0.25) is 0 Å². The van der Waals surface area contributed by atoms with E-state index in [0.717, 1.165) is 5.56 Å². The predicted octanol–water partition coefficient (Wildman–Crippen LogP) is 2.91. The largest absolute Gasteiger partial charge is 0.507 e. The number of rotatable bonds is 4. The van der Waals surface area contributed by atoms with Crippen LogP contribution in [-0.2, 0) is 0 Å². The highest BCUT2D eigenvalue weighted by molar-refractivity contribution is 9.10. The molecule has 108 valence electrons. The molecule has 0 bridgehead atoms. The number of carbonyl (C=O) groups is 1. The van der Waals surface area contributed by atoms with E-state index in [1.54, 1.807) is 12.1 Å². The van der Waals surface area contributed by atoms with Crippen molar-refractivity contribution >= 4 is 39.0 Å². The first kappa shape index (κ1) is 15.5. The number of carbonyl (C=O) groups excluding carboxylic acids is 1. The van der Waals surface area contributed by atoms with Crippen LogP contribution >= 0.6 is 28.1 Å². The van der Waals surface area contributed by atoms with Crippen molar-refractivity contribution in [2.24, 2.45) is 5.73 Å². The van der Waals surface area contributed by atoms with Crippen LogP contribution in [0, 0.1) is 0 Å². The van der Waals surface area contributed by atoms with E-state index < -0.39 is 6.04 Å². The number of halogens is 1. The zero-order chi connectivity index (χ0) is 15.4. The molecular formula is C15H13BrN2O2S. The zero-order valence-electron chi connectivity index (χ0n) is 10.9. The first-order valence-corrected chi connectivity index (χ1v) is 7.33. The number of nitrogens with two attached hydrogens (primary N) is 1. The lowest BCUT2D eigenvalue weighted by Crippen LogP contribution is -2.36. The van der Waals surface area contributed by atoms with Gasteiger partial charge in [0.05, 0.1) is 4.47 Å². The Labute approximate surface area is 136 Å². The van der Waals surface area contributed by atoms with Crippen molar-refractivity contribution in [2.75, 3.05) is 0 Å². The monoisotopic (exact) mass is 364 g/mol. The summed E-state index contributed by atoms with van der Waals surface area (Å²) >= 11 is 8.19. The summed E-state index contributed by atoms with van der Waals surface area (Å²) < 4.78 is 0.521. The number of aromatic hydroxyl groups is 1. The SMILES string of the molecule is NC(=S)C(NC(=O)c1ccc(Br)c(O)c1)c1ccccc1. The van der Waals surface area contributed by atoms with E-state index in [2.05, 4.69) is 21.2 Å². The van der Waals surface area contributed by atoms with Crippen molar-refractivity contribution in [3.8, 4) is 5.75 Å². The van der Waals surface area contributed by atoms with Gasteiger partial charge in [0.25, 0.3) is 5.91 Å². The van der Waals surface area contributed by atoms with Crippen molar-refractivity contribution in [3.63, 3.8) is 0 Å². The minimum absolute atomic E-state index is 0.00534. The molecule has 0 saturated heterocycles. The van der Waals surface area contributed by atoms with Gasteiger partial charge in [0, 0.05) is 5.56 Å². The Kier molecular flexibility index (Phi) is 4.93. The number of nitrogens with one attached hydrogen (secondary N) is 1. The summed E-state index contributed by atoms with van der Waals surface area (Å²) in [5.74, 6) is -0.367. The molecule has 0 aromatic heterocycles. The lowest BCUT2D eigenvalue weighted by atomic mass is 10.1. The maximum Gasteiger partial charge on any atom is 0.252 e. The van der Waals surface area contributed by atoms with E-state index in [1.165, 1.54) is 6.07 Å². The van der Waals surface area contributed by atoms with Crippen molar-refractivity contribution in [3.05, 3.63) is 64.1 Å². The van der Waals surface area contributed by atoms with Crippen LogP contribution in [-0.4, -0.2) is 16.0 Å². The fourth-order valence-electron chi connectivity index (χ4n) is 1.83. The summed E-state index contributed by atoms with van der Waals surface area (Å²) in [5, 5.41) is 12.4. The Bertz CT molecular complexity index is 677. The second kappa shape index (κ2) is 6.69. The van der Waals surface area contributed by atoms with Gasteiger partial charge in [-0.15, -0.1) is 0 Å². The molecule has 2 aromatic rings. The molecule has 1 unspecified atom stereocenters. The van der Waals surface area contributed by atoms with E-state index in [0.29, 0.717) is 10.0 Å². The highest BCUT2D eigenvalue weighted by atomic mass is 79.9. The number of benzene rings is 2. The number of phenols is 1. The van der Waals surface area contributed by atoms with Crippen molar-refractivity contribution < 1.29 is 9.90 Å². The summed E-state index contributed by atoms with van der Waals surface area (Å²) in [4.78, 5) is 12.4. The second-order valence-electron chi connectivity index (χ2n) is 4.39. The Morgan fingerprint density at radius 1 is 1.24 bits per heavy atom. The summed E-state index contributed by atoms with van der Waals surface area (Å²) in [6.07, 6.45) is 0. The molecule has 2 rings (SSSR count). The van der Waals surface area contributed by atoms with Gasteiger partial charge in [0.2, 0.25) is 0 Å². The molecule has 0 radical (unpaired) electrons. The Balaban J connectivity index is 2.23. The van der Waals surface area contributed by atoms with E-state index in [4.69, 9.17) is 18.0 Å². The van der Waals surface area contributed by atoms with Gasteiger partial charge in [0.1, 0.15) is 16.8 Å². The third kappa shape index (κ3) is 3.80. The quantitative estimate of drug-likeness (QED) is 0.729. The minimum atomic E-state index is -0.556. The molecule has 21 heavy (non-hydrogen) atoms. The zero-order valence-corrected chi connectivity index (χ0v) is 13.3. The van der Waals surface area contributed by atoms with Crippen LogP contribution in [0.25, 0.3) is 0 Å². The number of hydrogen-bond acceptors (Lipinski definition) is 3. The summed E-state index contributed by atoms with van der Waals surface area (Å²) in [6.45, 7) is 0. The van der Waals surface area contributed by atoms with Crippen molar-refractivity contribution in [1.82, 2.24) is 5.32 Å². The maximum absolute atomic E-state index is 12.2. The molecule has 0 fully saturated rings. The standard InChI is InChI=1S/C15H13BrN2O2S/c16-11-7-6-10(8-12(11)19)15(20)18-13(14(17)21)9-4-2-1-3-5-9/h1-8,13,19H,(H2,17,21)(H,18,20). The molecule has 1 amide bonds. The van der Waals surface area contributed by atoms with Crippen LogP contribution < -0.4 is 11.1 Å². The highest BCUT2D eigenvalue weighted by Crippen LogP contribution is 2.24. The molecule has 0 aliphatic heterocycles. The predicted molar refractivity (Wildman–Crippen MR) is 89.2 cm³/mol. The highest BCUT2D eigenvalue weighted by Gasteiger charge is 2.18. The van der Waals surface area contributed by atoms with Crippen molar-refractivity contribution in [1.29, 1.82) is 0 Å². The maximum atomic E-state index is 12.2. The number of phenolic OH excluding ortho intramolecular Hbond substituents is 1. The van der Waals surface area contributed by atoms with Gasteiger partial charge >= 0.3 is 0 Å². The minimum Gasteiger partial charge on any atom is -0.507 e. The molecule has 0 heterocycles. The number of hydrogen-bond donors (Lipinski definition) is 3. The van der Waals surface area contributed by atoms with Gasteiger partial charge < -0.3 is 16.2 Å². The fourth-order valence-corrected chi connectivity index (χ4v) is 2.27. The van der Waals surface area contributed by atoms with Gasteiger partial charge in [-0.05, 0) is 39.7 Å². The lowest BCUT2D eigenvalue weighted by molar-refractivity contribution is 0.0946. The summed E-state index contributed by atoms with van der Waals surface area (Å²) in [7, 11) is 0. The van der Waals surface area contributed by atoms with Crippen molar-refractivity contribution in [2.45, 2.75) is 6.04 Å². The topological polar surface area (TPSA) is 75.3 Å². The molecule has 0 saturated carbocycles. The average Bonchev–Trinajstić information content (AvgIpc) is 2.48. The van der Waals surface area contributed by atoms with E-state index in [-0.39, 0.29) is 16.6 Å². The smallest absolute Gasteiger partial charge is 0.252 e. The lowest BCUT2D eigenvalue weighted by Gasteiger charge is -2.18. The fraction of sp³-hybridized carbons (Fsp3) is 0.0667. The first-order valence-electron chi connectivity index (χ1n) is 6.12. The average molecular weight is 365 g/mol. The first-order chi connectivity index (χ1) is 9.99. The third-order valence-electron chi connectivity index (χ3n) is 2.90. The molecule has 0 aliphatic carbocycles. The third-order valence-corrected chi connectivity index (χ3v) is 3.81. The molecule has 0 aliphatic rings. The van der Waals surface area contributed by atoms with Gasteiger partial charge in [-0.25, -0.2) is 0 Å². The van der Waals surface area contributed by atoms with E-state index in [1.807, 2.05) is 30.3 Å². The van der Waals surface area contributed by atoms with Gasteiger partial charge in [-0.3, -0.25) is 4.79 Å². The molecule has 2 aromatic carbocycles. The van der Waals surface area contributed by atoms with Crippen LogP contribution in [0.15, 0.2) is 53.0 Å². The molecule has 1 atom stereocenters. The molecule has 4 N–H and O–H groups in total. The molecular weight excluding hydrogens is 352 g/mol. The molecule has 4 nitrogen and oxygen atoms in total. The van der Waals surface area contributed by atoms with Crippen LogP contribution in [0.4, 0.5) is 0 Å². The van der Waals surface area contributed by atoms with E-state index >= 15 is 0 Å². The van der Waals surface area contributed by atoms with Crippen LogP contribution in [0.3, 0.4) is 0 Å². The Hall–Kier alpha value is -1.92. The molecule has 6 heteroatoms. The second-order valence-corrected chi connectivity index (χ2v) is 5.71. The van der Waals surface area contributed by atoms with Gasteiger partial charge in [0.15, 0.2) is 0 Å². The van der Waals surface area contributed by atoms with E-state index in [9.17, 15) is 9.90 Å². The number of thiocarbonyl (C=S) groups is 1. The van der Waals surface area contributed by atoms with Gasteiger partial charge in [-0.1, -0.05) is 42.5 Å².